The van der Waals surface area contributed by atoms with Crippen molar-refractivity contribution in [2.75, 3.05) is 20.1 Å². The summed E-state index contributed by atoms with van der Waals surface area (Å²) in [5.74, 6) is 3.86. The van der Waals surface area contributed by atoms with Crippen LogP contribution in [0.15, 0.2) is 53.5 Å². The normalized spacial score (nSPS) is 25.2. The van der Waals surface area contributed by atoms with Crippen molar-refractivity contribution < 1.29 is 23.1 Å². The van der Waals surface area contributed by atoms with E-state index in [1.807, 2.05) is 4.90 Å². The first-order valence-electron chi connectivity index (χ1n) is 9.52. The lowest BCUT2D eigenvalue weighted by molar-refractivity contribution is -0.123. The predicted molar refractivity (Wildman–Crippen MR) is 109 cm³/mol. The molecule has 7 nitrogen and oxygen atoms in total. The number of allylic oxidation sites excluding steroid dienone is 2. The van der Waals surface area contributed by atoms with E-state index in [1.54, 1.807) is 6.20 Å². The monoisotopic (exact) mass is 427 g/mol. The molecule has 4 N–H and O–H groups in total. The Hall–Kier alpha value is -2.75. The molecule has 1 heterocycles. The molecule has 0 spiro atoms. The van der Waals surface area contributed by atoms with Gasteiger partial charge in [0.05, 0.1) is 23.3 Å². The number of amides is 1. The van der Waals surface area contributed by atoms with Gasteiger partial charge in [0.1, 0.15) is 5.84 Å². The summed E-state index contributed by atoms with van der Waals surface area (Å²) >= 11 is 0. The molecule has 1 amide bonds. The zero-order valence-corrected chi connectivity index (χ0v) is 17.1. The second-order valence-electron chi connectivity index (χ2n) is 7.47. The van der Waals surface area contributed by atoms with Gasteiger partial charge in [0.15, 0.2) is 0 Å². The molecule has 1 aliphatic carbocycles. The van der Waals surface area contributed by atoms with Crippen molar-refractivity contribution in [1.29, 1.82) is 0 Å². The van der Waals surface area contributed by atoms with Gasteiger partial charge >= 0.3 is 6.18 Å². The Bertz CT molecular complexity index is 788. The Labute approximate surface area is 174 Å². The number of nitrogens with one attached hydrogen (secondary N) is 1. The highest BCUT2D eigenvalue weighted by atomic mass is 19.4. The quantitative estimate of drug-likeness (QED) is 0.205. The van der Waals surface area contributed by atoms with Gasteiger partial charge in [-0.2, -0.15) is 18.3 Å². The third kappa shape index (κ3) is 5.24. The van der Waals surface area contributed by atoms with Crippen LogP contribution in [0.4, 0.5) is 13.2 Å². The van der Waals surface area contributed by atoms with E-state index < -0.39 is 29.7 Å². The lowest BCUT2D eigenvalue weighted by atomic mass is 9.85. The summed E-state index contributed by atoms with van der Waals surface area (Å²) in [6, 6.07) is -0.000884. The number of nitrogens with zero attached hydrogens (tertiary/aromatic N) is 3. The van der Waals surface area contributed by atoms with Crippen LogP contribution in [-0.4, -0.2) is 65.1 Å². The van der Waals surface area contributed by atoms with Crippen molar-refractivity contribution in [3.63, 3.8) is 0 Å². The van der Waals surface area contributed by atoms with Crippen molar-refractivity contribution in [2.45, 2.75) is 38.1 Å². The highest BCUT2D eigenvalue weighted by molar-refractivity contribution is 6.06. The van der Waals surface area contributed by atoms with Gasteiger partial charge in [0, 0.05) is 26.2 Å². The minimum Gasteiger partial charge on any atom is -0.388 e. The Balaban J connectivity index is 2.12. The lowest BCUT2D eigenvalue weighted by Gasteiger charge is -2.34. The fourth-order valence-corrected chi connectivity index (χ4v) is 3.75. The summed E-state index contributed by atoms with van der Waals surface area (Å²) < 4.78 is 39.0. The van der Waals surface area contributed by atoms with E-state index in [0.717, 1.165) is 30.4 Å². The van der Waals surface area contributed by atoms with Gasteiger partial charge in [-0.1, -0.05) is 24.8 Å². The van der Waals surface area contributed by atoms with E-state index in [1.165, 1.54) is 14.0 Å². The van der Waals surface area contributed by atoms with Crippen LogP contribution in [-0.2, 0) is 4.79 Å². The molecular weight excluding hydrogens is 399 g/mol. The number of hydrogen-bond donors (Lipinski definition) is 3. The molecule has 10 heteroatoms. The molecule has 0 aromatic carbocycles. The zero-order valence-electron chi connectivity index (χ0n) is 17.1. The van der Waals surface area contributed by atoms with E-state index >= 15 is 0 Å². The minimum absolute atomic E-state index is 0.000884. The van der Waals surface area contributed by atoms with Gasteiger partial charge in [-0.15, -0.1) is 0 Å². The summed E-state index contributed by atoms with van der Waals surface area (Å²) in [6.07, 6.45) is -0.988. The zero-order chi connectivity index (χ0) is 22.6. The van der Waals surface area contributed by atoms with Gasteiger partial charge in [0.2, 0.25) is 0 Å². The standard InChI is InChI=1S/C20H28F3N5O2/c1-5-28-8-6-7-15(11-28)25-13(3)19(30)27(4)18(26-24)17-12(2)9-14(10-16(17)29)20(21,22)23/h5,9-10,15-17,25,29H,1,3,6-8,11,24H2,2,4H3/b26-18-/t15-,16?,17?/m1/s1. The van der Waals surface area contributed by atoms with Crippen LogP contribution in [0.25, 0.3) is 0 Å². The molecule has 2 rings (SSSR count). The molecule has 2 aliphatic rings. The maximum atomic E-state index is 13.0. The number of aliphatic hydroxyl groups is 1. The molecule has 0 aromatic heterocycles. The molecule has 166 valence electrons. The number of amidine groups is 1. The van der Waals surface area contributed by atoms with Crippen LogP contribution in [0, 0.1) is 5.92 Å². The van der Waals surface area contributed by atoms with Crippen molar-refractivity contribution in [3.8, 4) is 0 Å². The maximum absolute atomic E-state index is 13.0. The first kappa shape index (κ1) is 23.5. The minimum atomic E-state index is -4.59. The number of piperidine rings is 1. The number of likely N-dealkylation sites (tertiary alicyclic amines) is 1. The number of carbonyl (C=O) groups excluding carboxylic acids is 1. The lowest BCUT2D eigenvalue weighted by Crippen LogP contribution is -2.49. The van der Waals surface area contributed by atoms with Gasteiger partial charge in [-0.3, -0.25) is 9.69 Å². The molecule has 0 aromatic rings. The first-order chi connectivity index (χ1) is 14.0. The number of hydrazone groups is 1. The van der Waals surface area contributed by atoms with Gasteiger partial charge in [-0.25, -0.2) is 0 Å². The van der Waals surface area contributed by atoms with E-state index in [9.17, 15) is 23.1 Å². The number of carbonyl (C=O) groups is 1. The molecule has 30 heavy (non-hydrogen) atoms. The van der Waals surface area contributed by atoms with Crippen molar-refractivity contribution in [2.24, 2.45) is 16.9 Å². The van der Waals surface area contributed by atoms with E-state index in [0.29, 0.717) is 12.6 Å². The van der Waals surface area contributed by atoms with Crippen LogP contribution in [0.2, 0.25) is 0 Å². The molecular formula is C20H28F3N5O2. The predicted octanol–water partition coefficient (Wildman–Crippen LogP) is 1.85. The molecule has 1 fully saturated rings. The largest absolute Gasteiger partial charge is 0.416 e. The Kier molecular flexibility index (Phi) is 7.35. The van der Waals surface area contributed by atoms with Crippen LogP contribution < -0.4 is 11.2 Å². The molecule has 0 radical (unpaired) electrons. The summed E-state index contributed by atoms with van der Waals surface area (Å²) in [4.78, 5) is 16.0. The van der Waals surface area contributed by atoms with E-state index in [-0.39, 0.29) is 23.1 Å². The molecule has 0 saturated carbocycles. The summed E-state index contributed by atoms with van der Waals surface area (Å²) in [7, 11) is 1.39. The van der Waals surface area contributed by atoms with Gasteiger partial charge in [-0.05, 0) is 32.0 Å². The maximum Gasteiger partial charge on any atom is 0.416 e. The van der Waals surface area contributed by atoms with Crippen LogP contribution in [0.5, 0.6) is 0 Å². The van der Waals surface area contributed by atoms with E-state index in [4.69, 9.17) is 5.84 Å². The number of likely N-dealkylation sites (N-methyl/N-ethyl adjacent to an activating group) is 1. The van der Waals surface area contributed by atoms with Crippen molar-refractivity contribution in [1.82, 2.24) is 15.1 Å². The SMILES string of the molecule is C=CN1CCC[C@@H](NC(=C)C(=O)N(C)/C(=N\N)C2C(C)=CC(C(F)(F)F)=CC2O)C1. The van der Waals surface area contributed by atoms with Crippen molar-refractivity contribution >= 4 is 11.7 Å². The molecule has 1 aliphatic heterocycles. The summed E-state index contributed by atoms with van der Waals surface area (Å²) in [5.41, 5.74) is -0.661. The van der Waals surface area contributed by atoms with Crippen LogP contribution in [0.3, 0.4) is 0 Å². The number of alkyl halides is 3. The Morgan fingerprint density at radius 2 is 2.17 bits per heavy atom. The number of halogens is 3. The van der Waals surface area contributed by atoms with Crippen LogP contribution in [0.1, 0.15) is 19.8 Å². The number of hydrogen-bond acceptors (Lipinski definition) is 6. The topological polar surface area (TPSA) is 94.2 Å². The fraction of sp³-hybridized carbons (Fsp3) is 0.500. The average Bonchev–Trinajstić information content (AvgIpc) is 2.68. The highest BCUT2D eigenvalue weighted by Gasteiger charge is 2.40. The Morgan fingerprint density at radius 3 is 2.70 bits per heavy atom. The second-order valence-corrected chi connectivity index (χ2v) is 7.47. The van der Waals surface area contributed by atoms with Crippen LogP contribution >= 0.6 is 0 Å². The molecule has 2 unspecified atom stereocenters. The number of nitrogens with two attached hydrogens (primary N) is 1. The Morgan fingerprint density at radius 1 is 1.50 bits per heavy atom. The molecule has 1 saturated heterocycles. The van der Waals surface area contributed by atoms with E-state index in [2.05, 4.69) is 23.6 Å². The molecule has 3 atom stereocenters. The van der Waals surface area contributed by atoms with Crippen molar-refractivity contribution in [3.05, 3.63) is 48.4 Å². The summed E-state index contributed by atoms with van der Waals surface area (Å²) in [5, 5.41) is 17.0. The summed E-state index contributed by atoms with van der Waals surface area (Å²) in [6.45, 7) is 10.5. The van der Waals surface area contributed by atoms with Gasteiger partial charge < -0.3 is 21.2 Å². The number of rotatable bonds is 5. The first-order valence-corrected chi connectivity index (χ1v) is 9.52. The third-order valence-corrected chi connectivity index (χ3v) is 5.30. The molecule has 0 bridgehead atoms. The average molecular weight is 427 g/mol. The van der Waals surface area contributed by atoms with Gasteiger partial charge in [0.25, 0.3) is 5.91 Å². The highest BCUT2D eigenvalue weighted by Crippen LogP contribution is 2.35. The smallest absolute Gasteiger partial charge is 0.388 e. The third-order valence-electron chi connectivity index (χ3n) is 5.30. The second kappa shape index (κ2) is 9.38. The fourth-order valence-electron chi connectivity index (χ4n) is 3.75. The number of aliphatic hydroxyl groups excluding tert-OH is 1.